The smallest absolute Gasteiger partial charge is 0.172 e. The van der Waals surface area contributed by atoms with Gasteiger partial charge < -0.3 is 19.7 Å². The molecule has 1 aromatic carbocycles. The van der Waals surface area contributed by atoms with E-state index < -0.39 is 0 Å². The number of para-hydroxylation sites is 2. The highest BCUT2D eigenvalue weighted by molar-refractivity contribution is 8.00. The van der Waals surface area contributed by atoms with E-state index in [4.69, 9.17) is 19.4 Å². The quantitative estimate of drug-likeness (QED) is 0.863. The molecule has 0 saturated carbocycles. The van der Waals surface area contributed by atoms with Crippen molar-refractivity contribution in [2.75, 3.05) is 62.5 Å². The molecule has 0 aliphatic carbocycles. The molecular formula is C19H26N4O2S. The van der Waals surface area contributed by atoms with Gasteiger partial charge in [-0.25, -0.2) is 9.97 Å². The van der Waals surface area contributed by atoms with Crippen molar-refractivity contribution in [2.24, 2.45) is 0 Å². The Morgan fingerprint density at radius 2 is 1.69 bits per heavy atom. The van der Waals surface area contributed by atoms with Gasteiger partial charge in [0, 0.05) is 37.6 Å². The molecule has 2 aliphatic rings. The number of aromatic nitrogens is 2. The van der Waals surface area contributed by atoms with E-state index in [1.807, 2.05) is 36.0 Å². The number of nitrogens with one attached hydrogen (secondary N) is 1. The van der Waals surface area contributed by atoms with Crippen molar-refractivity contribution in [3.05, 3.63) is 24.3 Å². The van der Waals surface area contributed by atoms with Gasteiger partial charge in [0.25, 0.3) is 0 Å². The number of fused-ring (bicyclic) bond motifs is 1. The zero-order chi connectivity index (χ0) is 17.8. The summed E-state index contributed by atoms with van der Waals surface area (Å²) >= 11 is 1.93. The Kier molecular flexibility index (Phi) is 5.47. The first kappa shape index (κ1) is 17.8. The zero-order valence-electron chi connectivity index (χ0n) is 15.2. The molecule has 7 heteroatoms. The lowest BCUT2D eigenvalue weighted by molar-refractivity contribution is 0.0802. The van der Waals surface area contributed by atoms with Gasteiger partial charge in [-0.15, -0.1) is 0 Å². The van der Waals surface area contributed by atoms with Gasteiger partial charge in [-0.3, -0.25) is 0 Å². The second-order valence-electron chi connectivity index (χ2n) is 6.84. The number of nitrogens with zero attached hydrogens (tertiary/aromatic N) is 3. The standard InChI is InChI=1S/C19H26N4O2S/c1-26-19(6-10-24-11-7-19)14-20-17-18(23-8-12-25-13-9-23)22-16-5-3-2-4-15(16)21-17/h2-5H,6-14H2,1H3,(H,20,21). The van der Waals surface area contributed by atoms with Crippen LogP contribution < -0.4 is 10.2 Å². The molecule has 0 atom stereocenters. The number of hydrogen-bond donors (Lipinski definition) is 1. The molecule has 0 spiro atoms. The molecule has 2 aliphatic heterocycles. The molecule has 2 saturated heterocycles. The van der Waals surface area contributed by atoms with E-state index in [2.05, 4.69) is 16.5 Å². The van der Waals surface area contributed by atoms with E-state index in [-0.39, 0.29) is 4.75 Å². The summed E-state index contributed by atoms with van der Waals surface area (Å²) in [6.07, 6.45) is 4.33. The van der Waals surface area contributed by atoms with Crippen LogP contribution in [0.1, 0.15) is 12.8 Å². The maximum atomic E-state index is 5.56. The van der Waals surface area contributed by atoms with Gasteiger partial charge in [-0.1, -0.05) is 12.1 Å². The lowest BCUT2D eigenvalue weighted by Crippen LogP contribution is -2.40. The van der Waals surface area contributed by atoms with Gasteiger partial charge >= 0.3 is 0 Å². The van der Waals surface area contributed by atoms with Crippen LogP contribution in [0.4, 0.5) is 11.6 Å². The summed E-state index contributed by atoms with van der Waals surface area (Å²) in [6.45, 7) is 5.72. The Hall–Kier alpha value is -1.57. The van der Waals surface area contributed by atoms with E-state index in [1.165, 1.54) is 0 Å². The predicted octanol–water partition coefficient (Wildman–Crippen LogP) is 2.79. The fraction of sp³-hybridized carbons (Fsp3) is 0.579. The Balaban J connectivity index is 1.63. The zero-order valence-corrected chi connectivity index (χ0v) is 16.1. The van der Waals surface area contributed by atoms with Crippen LogP contribution in [0.5, 0.6) is 0 Å². The van der Waals surface area contributed by atoms with E-state index in [0.717, 1.165) is 81.6 Å². The topological polar surface area (TPSA) is 59.5 Å². The summed E-state index contributed by atoms with van der Waals surface area (Å²) in [5.74, 6) is 1.82. The summed E-state index contributed by atoms with van der Waals surface area (Å²) in [5, 5.41) is 3.63. The maximum absolute atomic E-state index is 5.56. The Bertz CT molecular complexity index is 745. The van der Waals surface area contributed by atoms with Gasteiger partial charge in [-0.05, 0) is 31.2 Å². The van der Waals surface area contributed by atoms with Crippen molar-refractivity contribution < 1.29 is 9.47 Å². The molecule has 2 fully saturated rings. The number of rotatable bonds is 5. The first-order valence-electron chi connectivity index (χ1n) is 9.26. The van der Waals surface area contributed by atoms with E-state index in [9.17, 15) is 0 Å². The highest BCUT2D eigenvalue weighted by atomic mass is 32.2. The fourth-order valence-corrected chi connectivity index (χ4v) is 4.34. The van der Waals surface area contributed by atoms with Crippen molar-refractivity contribution >= 4 is 34.4 Å². The van der Waals surface area contributed by atoms with E-state index in [1.54, 1.807) is 0 Å². The molecule has 0 amide bonds. The molecule has 26 heavy (non-hydrogen) atoms. The molecule has 0 bridgehead atoms. The average Bonchev–Trinajstić information content (AvgIpc) is 2.73. The lowest BCUT2D eigenvalue weighted by Gasteiger charge is -2.36. The molecule has 0 unspecified atom stereocenters. The van der Waals surface area contributed by atoms with E-state index in [0.29, 0.717) is 0 Å². The second kappa shape index (κ2) is 7.98. The first-order chi connectivity index (χ1) is 12.8. The SMILES string of the molecule is CSC1(CNc2nc3ccccc3nc2N2CCOCC2)CCOCC1. The summed E-state index contributed by atoms with van der Waals surface area (Å²) in [6, 6.07) is 8.07. The summed E-state index contributed by atoms with van der Waals surface area (Å²) in [7, 11) is 0. The van der Waals surface area contributed by atoms with Crippen molar-refractivity contribution in [2.45, 2.75) is 17.6 Å². The minimum absolute atomic E-state index is 0.202. The normalized spacial score (nSPS) is 20.3. The third kappa shape index (κ3) is 3.75. The molecule has 2 aromatic rings. The number of hydrogen-bond acceptors (Lipinski definition) is 7. The largest absolute Gasteiger partial charge is 0.381 e. The van der Waals surface area contributed by atoms with Crippen LogP contribution in [-0.4, -0.2) is 67.0 Å². The lowest BCUT2D eigenvalue weighted by atomic mass is 9.99. The average molecular weight is 375 g/mol. The van der Waals surface area contributed by atoms with Crippen LogP contribution in [0.25, 0.3) is 11.0 Å². The third-order valence-corrected chi connectivity index (χ3v) is 6.70. The predicted molar refractivity (Wildman–Crippen MR) is 107 cm³/mol. The van der Waals surface area contributed by atoms with Crippen LogP contribution in [0.2, 0.25) is 0 Å². The fourth-order valence-electron chi connectivity index (χ4n) is 3.55. The van der Waals surface area contributed by atoms with Gasteiger partial charge in [0.2, 0.25) is 0 Å². The summed E-state index contributed by atoms with van der Waals surface area (Å²) < 4.78 is 11.3. The summed E-state index contributed by atoms with van der Waals surface area (Å²) in [4.78, 5) is 12.1. The Morgan fingerprint density at radius 1 is 1.04 bits per heavy atom. The molecule has 140 valence electrons. The van der Waals surface area contributed by atoms with Crippen molar-refractivity contribution in [3.63, 3.8) is 0 Å². The van der Waals surface area contributed by atoms with Crippen molar-refractivity contribution in [3.8, 4) is 0 Å². The molecule has 6 nitrogen and oxygen atoms in total. The highest BCUT2D eigenvalue weighted by Gasteiger charge is 2.32. The van der Waals surface area contributed by atoms with Gasteiger partial charge in [0.05, 0.1) is 24.2 Å². The number of anilines is 2. The molecular weight excluding hydrogens is 348 g/mol. The molecule has 3 heterocycles. The molecule has 4 rings (SSSR count). The Labute approximate surface area is 158 Å². The van der Waals surface area contributed by atoms with Crippen molar-refractivity contribution in [1.82, 2.24) is 9.97 Å². The Morgan fingerprint density at radius 3 is 2.38 bits per heavy atom. The second-order valence-corrected chi connectivity index (χ2v) is 8.11. The minimum atomic E-state index is 0.202. The van der Waals surface area contributed by atoms with Crippen LogP contribution in [0.3, 0.4) is 0 Å². The molecule has 1 N–H and O–H groups in total. The summed E-state index contributed by atoms with van der Waals surface area (Å²) in [5.41, 5.74) is 1.86. The third-order valence-electron chi connectivity index (χ3n) is 5.28. The van der Waals surface area contributed by atoms with Gasteiger partial charge in [-0.2, -0.15) is 11.8 Å². The van der Waals surface area contributed by atoms with Crippen LogP contribution in [0.15, 0.2) is 24.3 Å². The van der Waals surface area contributed by atoms with Gasteiger partial charge in [0.15, 0.2) is 11.6 Å². The van der Waals surface area contributed by atoms with Crippen molar-refractivity contribution in [1.29, 1.82) is 0 Å². The number of morpholine rings is 1. The minimum Gasteiger partial charge on any atom is -0.381 e. The maximum Gasteiger partial charge on any atom is 0.172 e. The van der Waals surface area contributed by atoms with E-state index >= 15 is 0 Å². The van der Waals surface area contributed by atoms with Gasteiger partial charge in [0.1, 0.15) is 0 Å². The monoisotopic (exact) mass is 374 g/mol. The van der Waals surface area contributed by atoms with Crippen LogP contribution in [0, 0.1) is 0 Å². The van der Waals surface area contributed by atoms with Crippen LogP contribution in [-0.2, 0) is 9.47 Å². The molecule has 1 aromatic heterocycles. The first-order valence-corrected chi connectivity index (χ1v) is 10.5. The van der Waals surface area contributed by atoms with Crippen LogP contribution >= 0.6 is 11.8 Å². The highest BCUT2D eigenvalue weighted by Crippen LogP contribution is 2.35. The number of ether oxygens (including phenoxy) is 2. The number of benzene rings is 1. The molecule has 0 radical (unpaired) electrons. The number of thioether (sulfide) groups is 1.